The van der Waals surface area contributed by atoms with Crippen LogP contribution in [0.2, 0.25) is 0 Å². The molecule has 0 saturated carbocycles. The number of nitrogens with one attached hydrogen (secondary N) is 1. The fraction of sp³-hybridized carbons (Fsp3) is 0.476. The average Bonchev–Trinajstić information content (AvgIpc) is 3.42. The number of carbonyl (C=O) groups is 2. The maximum absolute atomic E-state index is 11.8. The number of fused-ring (bicyclic) bond motifs is 2. The molecular weight excluding hydrogens is 360 g/mol. The molecule has 2 aromatic rings. The molecule has 2 N–H and O–H groups in total. The van der Waals surface area contributed by atoms with Crippen molar-refractivity contribution in [2.75, 3.05) is 7.05 Å². The highest BCUT2D eigenvalue weighted by Gasteiger charge is 2.51. The Labute approximate surface area is 163 Å². The number of nitrogens with zero attached hydrogens (tertiary/aromatic N) is 1. The Morgan fingerprint density at radius 2 is 1.96 bits per heavy atom. The smallest absolute Gasteiger partial charge is 0.303 e. The summed E-state index contributed by atoms with van der Waals surface area (Å²) in [5.74, 6) is -0.309. The number of oxazole rings is 1. The number of hydrogen-bond acceptors (Lipinski definition) is 5. The van der Waals surface area contributed by atoms with Gasteiger partial charge in [0.25, 0.3) is 5.91 Å². The van der Waals surface area contributed by atoms with Crippen LogP contribution in [0.5, 0.6) is 0 Å². The number of carboxylic acids is 1. The summed E-state index contributed by atoms with van der Waals surface area (Å²) < 4.78 is 11.8. The molecule has 4 atom stereocenters. The maximum atomic E-state index is 11.8. The fourth-order valence-corrected chi connectivity index (χ4v) is 4.54. The molecule has 0 aliphatic carbocycles. The van der Waals surface area contributed by atoms with Gasteiger partial charge in [-0.15, -0.1) is 0 Å². The van der Waals surface area contributed by atoms with Crippen LogP contribution < -0.4 is 5.32 Å². The third-order valence-corrected chi connectivity index (χ3v) is 5.87. The number of carbonyl (C=O) groups excluding carboxylic acids is 1. The first-order chi connectivity index (χ1) is 13.6. The van der Waals surface area contributed by atoms with Crippen molar-refractivity contribution < 1.29 is 23.8 Å². The second kappa shape index (κ2) is 7.75. The lowest BCUT2D eigenvalue weighted by Gasteiger charge is -2.26. The largest absolute Gasteiger partial charge is 0.481 e. The quantitative estimate of drug-likeness (QED) is 0.761. The molecule has 4 rings (SSSR count). The van der Waals surface area contributed by atoms with E-state index in [1.54, 1.807) is 7.05 Å². The molecule has 2 aliphatic rings. The van der Waals surface area contributed by atoms with Crippen LogP contribution in [0.15, 0.2) is 34.9 Å². The second-order valence-corrected chi connectivity index (χ2v) is 7.50. The van der Waals surface area contributed by atoms with Gasteiger partial charge in [-0.3, -0.25) is 9.59 Å². The first-order valence-corrected chi connectivity index (χ1v) is 9.68. The average molecular weight is 384 g/mol. The molecule has 7 nitrogen and oxygen atoms in total. The van der Waals surface area contributed by atoms with E-state index in [-0.39, 0.29) is 42.1 Å². The third kappa shape index (κ3) is 3.54. The van der Waals surface area contributed by atoms with Crippen molar-refractivity contribution in [1.82, 2.24) is 10.3 Å². The van der Waals surface area contributed by atoms with Gasteiger partial charge < -0.3 is 19.6 Å². The van der Waals surface area contributed by atoms with Gasteiger partial charge in [-0.1, -0.05) is 24.3 Å². The van der Waals surface area contributed by atoms with Crippen molar-refractivity contribution in [2.24, 2.45) is 5.92 Å². The summed E-state index contributed by atoms with van der Waals surface area (Å²) in [6, 6.07) is 7.98. The van der Waals surface area contributed by atoms with Crippen molar-refractivity contribution in [3.63, 3.8) is 0 Å². The van der Waals surface area contributed by atoms with Crippen LogP contribution in [0, 0.1) is 5.92 Å². The van der Waals surface area contributed by atoms with Crippen LogP contribution in [-0.2, 0) is 22.4 Å². The zero-order chi connectivity index (χ0) is 19.7. The second-order valence-electron chi connectivity index (χ2n) is 7.50. The van der Waals surface area contributed by atoms with E-state index in [0.29, 0.717) is 12.3 Å². The molecule has 0 spiro atoms. The van der Waals surface area contributed by atoms with E-state index >= 15 is 0 Å². The van der Waals surface area contributed by atoms with Crippen molar-refractivity contribution >= 4 is 11.9 Å². The minimum atomic E-state index is -0.794. The molecule has 7 heteroatoms. The zero-order valence-corrected chi connectivity index (χ0v) is 15.8. The highest BCUT2D eigenvalue weighted by atomic mass is 16.5. The topological polar surface area (TPSA) is 102 Å². The van der Waals surface area contributed by atoms with Gasteiger partial charge in [0.05, 0.1) is 18.1 Å². The molecule has 3 heterocycles. The summed E-state index contributed by atoms with van der Waals surface area (Å²) in [4.78, 5) is 27.2. The lowest BCUT2D eigenvalue weighted by Crippen LogP contribution is -2.28. The Kier molecular flexibility index (Phi) is 5.17. The van der Waals surface area contributed by atoms with E-state index in [4.69, 9.17) is 14.3 Å². The molecular formula is C21H24N2O5. The van der Waals surface area contributed by atoms with Gasteiger partial charge in [-0.05, 0) is 36.8 Å². The normalized spacial score (nSPS) is 25.8. The Morgan fingerprint density at radius 3 is 2.71 bits per heavy atom. The first-order valence-electron chi connectivity index (χ1n) is 9.68. The summed E-state index contributed by atoms with van der Waals surface area (Å²) in [6.45, 7) is 0. The molecule has 1 amide bonds. The lowest BCUT2D eigenvalue weighted by atomic mass is 9.75. The molecule has 1 aromatic carbocycles. The predicted octanol–water partition coefficient (Wildman–Crippen LogP) is 2.56. The van der Waals surface area contributed by atoms with E-state index in [0.717, 1.165) is 30.4 Å². The molecule has 28 heavy (non-hydrogen) atoms. The Balaban J connectivity index is 1.57. The summed E-state index contributed by atoms with van der Waals surface area (Å²) >= 11 is 0. The lowest BCUT2D eigenvalue weighted by molar-refractivity contribution is -0.136. The SMILES string of the molecule is CNC(=O)c1coc([C@H]2[C@@H](Cc3ccccc3CCC(=O)O)[C@@H]3CC[C@H]2O3)n1. The minimum Gasteiger partial charge on any atom is -0.481 e. The van der Waals surface area contributed by atoms with E-state index in [9.17, 15) is 9.59 Å². The summed E-state index contributed by atoms with van der Waals surface area (Å²) in [7, 11) is 1.56. The highest BCUT2D eigenvalue weighted by Crippen LogP contribution is 2.49. The van der Waals surface area contributed by atoms with Crippen molar-refractivity contribution in [3.05, 3.63) is 53.2 Å². The number of aliphatic carboxylic acids is 1. The standard InChI is InChI=1S/C21H24N2O5/c1-22-20(26)15-11-27-21(23-15)19-14(16-7-8-17(19)28-16)10-13-5-3-2-4-12(13)6-9-18(24)25/h2-5,11,14,16-17,19H,6-10H2,1H3,(H,22,26)(H,24,25)/t14-,16-,17+,19-/m0/s1. The summed E-state index contributed by atoms with van der Waals surface area (Å²) in [5, 5.41) is 11.6. The maximum Gasteiger partial charge on any atom is 0.303 e. The molecule has 1 aromatic heterocycles. The molecule has 0 unspecified atom stereocenters. The number of aryl methyl sites for hydroxylation is 1. The molecule has 2 aliphatic heterocycles. The van der Waals surface area contributed by atoms with Crippen LogP contribution in [-0.4, -0.2) is 41.2 Å². The Morgan fingerprint density at radius 1 is 1.21 bits per heavy atom. The minimum absolute atomic E-state index is 0.00434. The van der Waals surface area contributed by atoms with Crippen LogP contribution in [0.1, 0.15) is 52.7 Å². The Bertz CT molecular complexity index is 877. The van der Waals surface area contributed by atoms with Crippen LogP contribution in [0.25, 0.3) is 0 Å². The van der Waals surface area contributed by atoms with Gasteiger partial charge >= 0.3 is 5.97 Å². The molecule has 2 bridgehead atoms. The van der Waals surface area contributed by atoms with Crippen molar-refractivity contribution in [2.45, 2.75) is 50.2 Å². The van der Waals surface area contributed by atoms with Crippen LogP contribution in [0.4, 0.5) is 0 Å². The van der Waals surface area contributed by atoms with Crippen molar-refractivity contribution in [1.29, 1.82) is 0 Å². The van der Waals surface area contributed by atoms with Gasteiger partial charge in [0, 0.05) is 19.4 Å². The molecule has 2 saturated heterocycles. The van der Waals surface area contributed by atoms with Crippen LogP contribution >= 0.6 is 0 Å². The van der Waals surface area contributed by atoms with E-state index in [1.807, 2.05) is 18.2 Å². The Hall–Kier alpha value is -2.67. The number of amides is 1. The number of aromatic nitrogens is 1. The third-order valence-electron chi connectivity index (χ3n) is 5.87. The number of ether oxygens (including phenoxy) is 1. The molecule has 0 radical (unpaired) electrons. The van der Waals surface area contributed by atoms with E-state index in [1.165, 1.54) is 6.26 Å². The summed E-state index contributed by atoms with van der Waals surface area (Å²) in [5.41, 5.74) is 2.48. The monoisotopic (exact) mass is 384 g/mol. The van der Waals surface area contributed by atoms with Gasteiger partial charge in [0.15, 0.2) is 5.69 Å². The van der Waals surface area contributed by atoms with Crippen molar-refractivity contribution in [3.8, 4) is 0 Å². The zero-order valence-electron chi connectivity index (χ0n) is 15.8. The van der Waals surface area contributed by atoms with E-state index in [2.05, 4.69) is 16.4 Å². The highest BCUT2D eigenvalue weighted by molar-refractivity contribution is 5.91. The van der Waals surface area contributed by atoms with E-state index < -0.39 is 5.97 Å². The number of carboxylic acid groups (broad SMARTS) is 1. The number of benzene rings is 1. The van der Waals surface area contributed by atoms with Crippen LogP contribution in [0.3, 0.4) is 0 Å². The predicted molar refractivity (Wildman–Crippen MR) is 100 cm³/mol. The van der Waals surface area contributed by atoms with Gasteiger partial charge in [0.1, 0.15) is 6.26 Å². The molecule has 2 fully saturated rings. The number of rotatable bonds is 7. The number of hydrogen-bond donors (Lipinski definition) is 2. The van der Waals surface area contributed by atoms with Gasteiger partial charge in [0.2, 0.25) is 5.89 Å². The molecule has 148 valence electrons. The fourth-order valence-electron chi connectivity index (χ4n) is 4.54. The van der Waals surface area contributed by atoms with Gasteiger partial charge in [-0.25, -0.2) is 4.98 Å². The first kappa shape index (κ1) is 18.7. The summed E-state index contributed by atoms with van der Waals surface area (Å²) in [6.07, 6.45) is 4.96. The van der Waals surface area contributed by atoms with Gasteiger partial charge in [-0.2, -0.15) is 0 Å².